The van der Waals surface area contributed by atoms with Crippen LogP contribution >= 0.6 is 0 Å². The highest BCUT2D eigenvalue weighted by molar-refractivity contribution is 5.91. The molecule has 110 valence electrons. The van der Waals surface area contributed by atoms with Crippen molar-refractivity contribution in [3.05, 3.63) is 0 Å². The lowest BCUT2D eigenvalue weighted by Gasteiger charge is -2.58. The van der Waals surface area contributed by atoms with Crippen molar-refractivity contribution in [1.82, 2.24) is 10.2 Å². The fourth-order valence-electron chi connectivity index (χ4n) is 2.51. The van der Waals surface area contributed by atoms with Crippen molar-refractivity contribution >= 4 is 11.8 Å². The predicted molar refractivity (Wildman–Crippen MR) is 72.4 cm³/mol. The summed E-state index contributed by atoms with van der Waals surface area (Å²) in [4.78, 5) is 25.1. The van der Waals surface area contributed by atoms with Crippen LogP contribution < -0.4 is 11.1 Å². The van der Waals surface area contributed by atoms with Gasteiger partial charge in [0.2, 0.25) is 11.8 Å². The van der Waals surface area contributed by atoms with Crippen molar-refractivity contribution in [2.75, 3.05) is 27.2 Å². The molecule has 0 spiro atoms. The SMILES string of the molecule is CCOC1CC(N)(C(=O)N(C)CC(=O)NC)C1(C)C. The summed E-state index contributed by atoms with van der Waals surface area (Å²) >= 11 is 0. The molecule has 0 aromatic heterocycles. The largest absolute Gasteiger partial charge is 0.378 e. The van der Waals surface area contributed by atoms with Gasteiger partial charge < -0.3 is 20.7 Å². The highest BCUT2D eigenvalue weighted by atomic mass is 16.5. The Labute approximate surface area is 114 Å². The van der Waals surface area contributed by atoms with Crippen molar-refractivity contribution in [2.45, 2.75) is 38.8 Å². The zero-order valence-corrected chi connectivity index (χ0v) is 12.4. The number of carbonyl (C=O) groups is 2. The van der Waals surface area contributed by atoms with Gasteiger partial charge in [-0.1, -0.05) is 13.8 Å². The van der Waals surface area contributed by atoms with E-state index in [9.17, 15) is 9.59 Å². The number of hydrogen-bond donors (Lipinski definition) is 2. The Bertz CT molecular complexity index is 370. The molecule has 1 fully saturated rings. The smallest absolute Gasteiger partial charge is 0.243 e. The van der Waals surface area contributed by atoms with Gasteiger partial charge in [-0.3, -0.25) is 9.59 Å². The molecular formula is C13H25N3O3. The molecule has 2 amide bonds. The van der Waals surface area contributed by atoms with Gasteiger partial charge in [-0.25, -0.2) is 0 Å². The van der Waals surface area contributed by atoms with Gasteiger partial charge in [0.1, 0.15) is 5.54 Å². The van der Waals surface area contributed by atoms with Crippen molar-refractivity contribution in [1.29, 1.82) is 0 Å². The minimum absolute atomic E-state index is 0.0140. The fraction of sp³-hybridized carbons (Fsp3) is 0.846. The minimum Gasteiger partial charge on any atom is -0.378 e. The van der Waals surface area contributed by atoms with E-state index >= 15 is 0 Å². The Hall–Kier alpha value is -1.14. The average Bonchev–Trinajstić information content (AvgIpc) is 2.36. The molecule has 0 bridgehead atoms. The van der Waals surface area contributed by atoms with Crippen LogP contribution in [0.2, 0.25) is 0 Å². The number of ether oxygens (including phenoxy) is 1. The Kier molecular flexibility index (Phi) is 4.58. The number of amides is 2. The van der Waals surface area contributed by atoms with E-state index in [4.69, 9.17) is 10.5 Å². The second-order valence-corrected chi connectivity index (χ2v) is 5.68. The lowest BCUT2D eigenvalue weighted by Crippen LogP contribution is -2.76. The number of nitrogens with one attached hydrogen (secondary N) is 1. The molecule has 2 unspecified atom stereocenters. The monoisotopic (exact) mass is 271 g/mol. The van der Waals surface area contributed by atoms with E-state index in [1.807, 2.05) is 20.8 Å². The molecule has 3 N–H and O–H groups in total. The first-order valence-corrected chi connectivity index (χ1v) is 6.57. The van der Waals surface area contributed by atoms with Gasteiger partial charge in [0.05, 0.1) is 12.6 Å². The molecule has 1 aliphatic carbocycles. The molecule has 0 aromatic carbocycles. The number of carbonyl (C=O) groups excluding carboxylic acids is 2. The number of likely N-dealkylation sites (N-methyl/N-ethyl adjacent to an activating group) is 2. The van der Waals surface area contributed by atoms with Crippen molar-refractivity contribution in [3.8, 4) is 0 Å². The summed E-state index contributed by atoms with van der Waals surface area (Å²) in [6.07, 6.45) is 0.477. The molecule has 19 heavy (non-hydrogen) atoms. The third-order valence-electron chi connectivity index (χ3n) is 4.22. The second-order valence-electron chi connectivity index (χ2n) is 5.68. The lowest BCUT2D eigenvalue weighted by molar-refractivity contribution is -0.178. The summed E-state index contributed by atoms with van der Waals surface area (Å²) in [6.45, 7) is 6.41. The van der Waals surface area contributed by atoms with E-state index in [-0.39, 0.29) is 24.5 Å². The normalized spacial score (nSPS) is 28.4. The van der Waals surface area contributed by atoms with Crippen molar-refractivity contribution in [2.24, 2.45) is 11.1 Å². The Morgan fingerprint density at radius 2 is 2.05 bits per heavy atom. The summed E-state index contributed by atoms with van der Waals surface area (Å²) < 4.78 is 5.59. The number of nitrogens with two attached hydrogens (primary N) is 1. The van der Waals surface area contributed by atoms with Crippen LogP contribution in [0.15, 0.2) is 0 Å². The number of hydrogen-bond acceptors (Lipinski definition) is 4. The molecule has 0 aliphatic heterocycles. The zero-order chi connectivity index (χ0) is 14.8. The third kappa shape index (κ3) is 2.60. The first kappa shape index (κ1) is 15.9. The lowest BCUT2D eigenvalue weighted by atomic mass is 9.54. The van der Waals surface area contributed by atoms with Gasteiger partial charge in [-0.05, 0) is 6.92 Å². The summed E-state index contributed by atoms with van der Waals surface area (Å²) in [5.74, 6) is -0.421. The van der Waals surface area contributed by atoms with Crippen molar-refractivity contribution in [3.63, 3.8) is 0 Å². The van der Waals surface area contributed by atoms with Crippen molar-refractivity contribution < 1.29 is 14.3 Å². The molecule has 0 heterocycles. The van der Waals surface area contributed by atoms with Gasteiger partial charge in [0, 0.05) is 32.5 Å². The number of nitrogens with zero attached hydrogens (tertiary/aromatic N) is 1. The molecule has 1 rings (SSSR count). The predicted octanol–water partition coefficient (Wildman–Crippen LogP) is -0.277. The van der Waals surface area contributed by atoms with Gasteiger partial charge in [0.15, 0.2) is 0 Å². The standard InChI is InChI=1S/C13H25N3O3/c1-6-19-9-7-13(14,12(9,2)3)11(18)16(5)8-10(17)15-4/h9H,6-8,14H2,1-5H3,(H,15,17). The zero-order valence-electron chi connectivity index (χ0n) is 12.4. The van der Waals surface area contributed by atoms with Crippen LogP contribution in [0.5, 0.6) is 0 Å². The first-order chi connectivity index (χ1) is 8.70. The minimum atomic E-state index is -0.963. The van der Waals surface area contributed by atoms with Crippen LogP contribution in [0.25, 0.3) is 0 Å². The van der Waals surface area contributed by atoms with E-state index in [2.05, 4.69) is 5.32 Å². The molecule has 1 aliphatic rings. The summed E-state index contributed by atoms with van der Waals surface area (Å²) in [7, 11) is 3.13. The molecular weight excluding hydrogens is 246 g/mol. The third-order valence-corrected chi connectivity index (χ3v) is 4.22. The van der Waals surface area contributed by atoms with Gasteiger partial charge in [-0.15, -0.1) is 0 Å². The summed E-state index contributed by atoms with van der Waals surface area (Å²) in [5.41, 5.74) is 4.86. The van der Waals surface area contributed by atoms with Gasteiger partial charge in [0.25, 0.3) is 0 Å². The summed E-state index contributed by atoms with van der Waals surface area (Å²) in [5, 5.41) is 2.49. The first-order valence-electron chi connectivity index (χ1n) is 6.57. The molecule has 0 saturated heterocycles. The molecule has 1 saturated carbocycles. The van der Waals surface area contributed by atoms with Crippen LogP contribution in [0, 0.1) is 5.41 Å². The molecule has 6 nitrogen and oxygen atoms in total. The van der Waals surface area contributed by atoms with Crippen LogP contribution in [0.3, 0.4) is 0 Å². The van der Waals surface area contributed by atoms with Gasteiger partial charge >= 0.3 is 0 Å². The van der Waals surface area contributed by atoms with E-state index in [0.29, 0.717) is 13.0 Å². The molecule has 0 aromatic rings. The Morgan fingerprint density at radius 3 is 2.47 bits per heavy atom. The van der Waals surface area contributed by atoms with Crippen LogP contribution in [0.4, 0.5) is 0 Å². The highest BCUT2D eigenvalue weighted by Crippen LogP contribution is 2.50. The molecule has 6 heteroatoms. The van der Waals surface area contributed by atoms with E-state index in [1.165, 1.54) is 11.9 Å². The second kappa shape index (κ2) is 5.46. The maximum absolute atomic E-state index is 12.4. The topological polar surface area (TPSA) is 84.7 Å². The van der Waals surface area contributed by atoms with E-state index in [0.717, 1.165) is 0 Å². The van der Waals surface area contributed by atoms with E-state index < -0.39 is 11.0 Å². The maximum Gasteiger partial charge on any atom is 0.243 e. The van der Waals surface area contributed by atoms with Crippen LogP contribution in [0.1, 0.15) is 27.2 Å². The molecule has 2 atom stereocenters. The maximum atomic E-state index is 12.4. The highest BCUT2D eigenvalue weighted by Gasteiger charge is 2.63. The van der Waals surface area contributed by atoms with E-state index in [1.54, 1.807) is 7.05 Å². The Morgan fingerprint density at radius 1 is 1.47 bits per heavy atom. The van der Waals surface area contributed by atoms with Gasteiger partial charge in [-0.2, -0.15) is 0 Å². The Balaban J connectivity index is 2.74. The average molecular weight is 271 g/mol. The number of rotatable bonds is 5. The quantitative estimate of drug-likeness (QED) is 0.720. The van der Waals surface area contributed by atoms with Crippen LogP contribution in [-0.4, -0.2) is 55.6 Å². The molecule has 0 radical (unpaired) electrons. The van der Waals surface area contributed by atoms with Crippen LogP contribution in [-0.2, 0) is 14.3 Å². The fourth-order valence-corrected chi connectivity index (χ4v) is 2.51. The summed E-state index contributed by atoms with van der Waals surface area (Å²) in [6, 6.07) is 0.